The Morgan fingerprint density at radius 2 is 1.74 bits per heavy atom. The highest BCUT2D eigenvalue weighted by molar-refractivity contribution is 9.11. The zero-order chi connectivity index (χ0) is 16.2. The van der Waals surface area contributed by atoms with E-state index in [1.165, 1.54) is 0 Å². The summed E-state index contributed by atoms with van der Waals surface area (Å²) in [6.45, 7) is 1.93. The third kappa shape index (κ3) is 4.03. The van der Waals surface area contributed by atoms with Gasteiger partial charge in [-0.3, -0.25) is 9.69 Å². The number of likely N-dealkylation sites (tertiary alicyclic amines) is 1. The average molecular weight is 438 g/mol. The van der Waals surface area contributed by atoms with Crippen molar-refractivity contribution in [3.63, 3.8) is 0 Å². The van der Waals surface area contributed by atoms with Crippen LogP contribution >= 0.6 is 31.9 Å². The molecule has 2 aromatic rings. The van der Waals surface area contributed by atoms with E-state index in [-0.39, 0.29) is 11.9 Å². The van der Waals surface area contributed by atoms with E-state index in [0.29, 0.717) is 0 Å². The fourth-order valence-electron chi connectivity index (χ4n) is 2.96. The fourth-order valence-corrected chi connectivity index (χ4v) is 4.10. The van der Waals surface area contributed by atoms with Crippen molar-refractivity contribution < 1.29 is 4.79 Å². The fraction of sp³-hybridized carbons (Fsp3) is 0.278. The number of hydrogen-bond acceptors (Lipinski definition) is 2. The zero-order valence-corrected chi connectivity index (χ0v) is 15.8. The van der Waals surface area contributed by atoms with Crippen LogP contribution in [0.25, 0.3) is 0 Å². The van der Waals surface area contributed by atoms with Crippen LogP contribution in [0.15, 0.2) is 57.5 Å². The Bertz CT molecular complexity index is 685. The van der Waals surface area contributed by atoms with Gasteiger partial charge in [0.25, 0.3) is 0 Å². The SMILES string of the molecule is O=C(Nc1ccc(Br)cc1Br)C(c1ccccc1)N1CCCC1. The molecule has 0 bridgehead atoms. The molecule has 0 saturated carbocycles. The van der Waals surface area contributed by atoms with E-state index in [0.717, 1.165) is 46.1 Å². The average Bonchev–Trinajstić information content (AvgIpc) is 3.05. The molecule has 1 aliphatic heterocycles. The number of carbonyl (C=O) groups excluding carboxylic acids is 1. The highest BCUT2D eigenvalue weighted by Crippen LogP contribution is 2.30. The Labute approximate surface area is 153 Å². The first-order chi connectivity index (χ1) is 11.1. The first-order valence-electron chi connectivity index (χ1n) is 7.70. The van der Waals surface area contributed by atoms with Gasteiger partial charge in [-0.2, -0.15) is 0 Å². The highest BCUT2D eigenvalue weighted by Gasteiger charge is 2.29. The van der Waals surface area contributed by atoms with Crippen LogP contribution in [0.2, 0.25) is 0 Å². The molecule has 120 valence electrons. The van der Waals surface area contributed by atoms with Crippen molar-refractivity contribution in [3.05, 3.63) is 63.0 Å². The van der Waals surface area contributed by atoms with Crippen molar-refractivity contribution in [2.45, 2.75) is 18.9 Å². The molecule has 5 heteroatoms. The molecule has 0 aromatic heterocycles. The van der Waals surface area contributed by atoms with Gasteiger partial charge >= 0.3 is 0 Å². The summed E-state index contributed by atoms with van der Waals surface area (Å²) in [4.78, 5) is 15.2. The zero-order valence-electron chi connectivity index (χ0n) is 12.6. The van der Waals surface area contributed by atoms with Crippen LogP contribution in [0.1, 0.15) is 24.4 Å². The lowest BCUT2D eigenvalue weighted by atomic mass is 10.0. The van der Waals surface area contributed by atoms with Gasteiger partial charge in [-0.05, 0) is 65.6 Å². The minimum absolute atomic E-state index is 0.0149. The highest BCUT2D eigenvalue weighted by atomic mass is 79.9. The lowest BCUT2D eigenvalue weighted by Crippen LogP contribution is -2.35. The summed E-state index contributed by atoms with van der Waals surface area (Å²) in [7, 11) is 0. The summed E-state index contributed by atoms with van der Waals surface area (Å²) >= 11 is 6.94. The summed E-state index contributed by atoms with van der Waals surface area (Å²) < 4.78 is 1.84. The van der Waals surface area contributed by atoms with Gasteiger partial charge in [0.1, 0.15) is 6.04 Å². The molecule has 1 aliphatic rings. The Kier molecular flexibility index (Phi) is 5.51. The summed E-state index contributed by atoms with van der Waals surface area (Å²) in [6, 6.07) is 15.5. The van der Waals surface area contributed by atoms with Gasteiger partial charge in [0.15, 0.2) is 0 Å². The molecule has 0 spiro atoms. The van der Waals surface area contributed by atoms with Crippen LogP contribution < -0.4 is 5.32 Å². The number of amides is 1. The number of carbonyl (C=O) groups is 1. The van der Waals surface area contributed by atoms with Crippen LogP contribution in [0.5, 0.6) is 0 Å². The maximum atomic E-state index is 13.0. The van der Waals surface area contributed by atoms with Crippen molar-refractivity contribution in [2.75, 3.05) is 18.4 Å². The molecule has 23 heavy (non-hydrogen) atoms. The molecule has 3 nitrogen and oxygen atoms in total. The Morgan fingerprint density at radius 3 is 2.39 bits per heavy atom. The van der Waals surface area contributed by atoms with Gasteiger partial charge in [0, 0.05) is 8.95 Å². The van der Waals surface area contributed by atoms with E-state index in [2.05, 4.69) is 42.1 Å². The molecule has 2 aromatic carbocycles. The predicted molar refractivity (Wildman–Crippen MR) is 100 cm³/mol. The maximum absolute atomic E-state index is 13.0. The molecule has 1 fully saturated rings. The van der Waals surface area contributed by atoms with Gasteiger partial charge < -0.3 is 5.32 Å². The summed E-state index contributed by atoms with van der Waals surface area (Å²) in [5.41, 5.74) is 1.83. The second-order valence-electron chi connectivity index (χ2n) is 5.67. The topological polar surface area (TPSA) is 32.3 Å². The third-order valence-corrected chi connectivity index (χ3v) is 5.21. The van der Waals surface area contributed by atoms with Crippen LogP contribution in [0.3, 0.4) is 0 Å². The Balaban J connectivity index is 1.85. The number of rotatable bonds is 4. The van der Waals surface area contributed by atoms with Crippen LogP contribution in [-0.2, 0) is 4.79 Å². The van der Waals surface area contributed by atoms with Gasteiger partial charge in [0.05, 0.1) is 5.69 Å². The first-order valence-corrected chi connectivity index (χ1v) is 9.28. The van der Waals surface area contributed by atoms with E-state index < -0.39 is 0 Å². The molecule has 1 saturated heterocycles. The third-order valence-electron chi connectivity index (χ3n) is 4.06. The lowest BCUT2D eigenvalue weighted by Gasteiger charge is -2.27. The molecule has 1 unspecified atom stereocenters. The molecular formula is C18H18Br2N2O. The van der Waals surface area contributed by atoms with Crippen molar-refractivity contribution in [1.82, 2.24) is 4.90 Å². The molecule has 0 aliphatic carbocycles. The monoisotopic (exact) mass is 436 g/mol. The van der Waals surface area contributed by atoms with Crippen molar-refractivity contribution in [1.29, 1.82) is 0 Å². The molecule has 1 N–H and O–H groups in total. The summed E-state index contributed by atoms with van der Waals surface area (Å²) in [6.07, 6.45) is 2.30. The van der Waals surface area contributed by atoms with Crippen LogP contribution in [0, 0.1) is 0 Å². The van der Waals surface area contributed by atoms with Gasteiger partial charge in [-0.25, -0.2) is 0 Å². The lowest BCUT2D eigenvalue weighted by molar-refractivity contribution is -0.121. The van der Waals surface area contributed by atoms with E-state index >= 15 is 0 Å². The van der Waals surface area contributed by atoms with Crippen LogP contribution in [-0.4, -0.2) is 23.9 Å². The van der Waals surface area contributed by atoms with E-state index in [1.807, 2.05) is 48.5 Å². The first kappa shape index (κ1) is 16.7. The molecule has 1 heterocycles. The van der Waals surface area contributed by atoms with Crippen molar-refractivity contribution in [3.8, 4) is 0 Å². The molecule has 1 amide bonds. The molecule has 3 rings (SSSR count). The maximum Gasteiger partial charge on any atom is 0.246 e. The minimum Gasteiger partial charge on any atom is -0.323 e. The number of benzene rings is 2. The van der Waals surface area contributed by atoms with Crippen molar-refractivity contribution in [2.24, 2.45) is 0 Å². The molecule has 1 atom stereocenters. The smallest absolute Gasteiger partial charge is 0.246 e. The Hall–Kier alpha value is -1.17. The van der Waals surface area contributed by atoms with Gasteiger partial charge in [0.2, 0.25) is 5.91 Å². The predicted octanol–water partition coefficient (Wildman–Crippen LogP) is 4.99. The summed E-state index contributed by atoms with van der Waals surface area (Å²) in [5.74, 6) is 0.0149. The van der Waals surface area contributed by atoms with Gasteiger partial charge in [-0.15, -0.1) is 0 Å². The number of nitrogens with one attached hydrogen (secondary N) is 1. The summed E-state index contributed by atoms with van der Waals surface area (Å²) in [5, 5.41) is 3.06. The largest absolute Gasteiger partial charge is 0.323 e. The van der Waals surface area contributed by atoms with Gasteiger partial charge in [-0.1, -0.05) is 46.3 Å². The second kappa shape index (κ2) is 7.60. The Morgan fingerprint density at radius 1 is 1.04 bits per heavy atom. The number of anilines is 1. The standard InChI is InChI=1S/C18H18Br2N2O/c19-14-8-9-16(15(20)12-14)21-18(23)17(22-10-4-5-11-22)13-6-2-1-3-7-13/h1-3,6-9,12,17H,4-5,10-11H2,(H,21,23). The second-order valence-corrected chi connectivity index (χ2v) is 7.44. The normalized spacial score (nSPS) is 16.3. The quantitative estimate of drug-likeness (QED) is 0.730. The minimum atomic E-state index is -0.241. The number of hydrogen-bond donors (Lipinski definition) is 1. The molecule has 0 radical (unpaired) electrons. The van der Waals surface area contributed by atoms with E-state index in [4.69, 9.17) is 0 Å². The number of halogens is 2. The van der Waals surface area contributed by atoms with E-state index in [9.17, 15) is 4.79 Å². The van der Waals surface area contributed by atoms with E-state index in [1.54, 1.807) is 0 Å². The van der Waals surface area contributed by atoms with Crippen molar-refractivity contribution >= 4 is 43.5 Å². The molecular weight excluding hydrogens is 420 g/mol. The number of nitrogens with zero attached hydrogens (tertiary/aromatic N) is 1. The van der Waals surface area contributed by atoms with Crippen LogP contribution in [0.4, 0.5) is 5.69 Å².